The highest BCUT2D eigenvalue weighted by molar-refractivity contribution is 7.08. The first-order chi connectivity index (χ1) is 9.51. The Hall–Kier alpha value is -1.36. The number of carbonyl (C=O) groups is 2. The number of thiophene rings is 1. The molecule has 0 unspecified atom stereocenters. The molecule has 0 spiro atoms. The molecule has 1 fully saturated rings. The standard InChI is InChI=1S/C15H21NO3S/c1-11-9-20-10-12(11)8-16-13(17)6-15(7-14(18)19)4-2-3-5-15/h9-10H,2-8H2,1H3,(H,16,17)(H,18,19). The van der Waals surface area contributed by atoms with Gasteiger partial charge < -0.3 is 10.4 Å². The second-order valence-electron chi connectivity index (χ2n) is 5.81. The molecule has 0 bridgehead atoms. The van der Waals surface area contributed by atoms with Gasteiger partial charge in [-0.1, -0.05) is 12.8 Å². The summed E-state index contributed by atoms with van der Waals surface area (Å²) in [5.74, 6) is -0.827. The minimum Gasteiger partial charge on any atom is -0.481 e. The average Bonchev–Trinajstić information content (AvgIpc) is 2.96. The van der Waals surface area contributed by atoms with Gasteiger partial charge in [0.05, 0.1) is 6.42 Å². The van der Waals surface area contributed by atoms with Crippen LogP contribution in [0.4, 0.5) is 0 Å². The number of aliphatic carboxylic acids is 1. The van der Waals surface area contributed by atoms with Crippen LogP contribution in [0.1, 0.15) is 49.7 Å². The molecule has 0 aliphatic heterocycles. The molecule has 2 N–H and O–H groups in total. The lowest BCUT2D eigenvalue weighted by Gasteiger charge is -2.26. The van der Waals surface area contributed by atoms with E-state index >= 15 is 0 Å². The van der Waals surface area contributed by atoms with Gasteiger partial charge in [-0.3, -0.25) is 9.59 Å². The van der Waals surface area contributed by atoms with E-state index in [4.69, 9.17) is 5.11 Å². The van der Waals surface area contributed by atoms with Crippen LogP contribution in [-0.2, 0) is 16.1 Å². The Kier molecular flexibility index (Phi) is 4.81. The second-order valence-corrected chi connectivity index (χ2v) is 6.55. The molecule has 5 heteroatoms. The van der Waals surface area contributed by atoms with E-state index in [-0.39, 0.29) is 17.7 Å². The third-order valence-corrected chi connectivity index (χ3v) is 5.07. The smallest absolute Gasteiger partial charge is 0.303 e. The summed E-state index contributed by atoms with van der Waals surface area (Å²) >= 11 is 1.63. The Morgan fingerprint density at radius 2 is 2.00 bits per heavy atom. The Morgan fingerprint density at radius 1 is 1.30 bits per heavy atom. The number of carbonyl (C=O) groups excluding carboxylic acids is 1. The van der Waals surface area contributed by atoms with E-state index in [1.165, 1.54) is 5.56 Å². The summed E-state index contributed by atoms with van der Waals surface area (Å²) in [5, 5.41) is 16.1. The number of aryl methyl sites for hydroxylation is 1. The van der Waals surface area contributed by atoms with Crippen LogP contribution in [0.25, 0.3) is 0 Å². The number of amides is 1. The fourth-order valence-electron chi connectivity index (χ4n) is 3.03. The van der Waals surface area contributed by atoms with Crippen molar-refractivity contribution in [3.63, 3.8) is 0 Å². The second kappa shape index (κ2) is 6.39. The van der Waals surface area contributed by atoms with Crippen molar-refractivity contribution >= 4 is 23.2 Å². The molecule has 0 aromatic carbocycles. The van der Waals surface area contributed by atoms with Crippen molar-refractivity contribution in [3.8, 4) is 0 Å². The summed E-state index contributed by atoms with van der Waals surface area (Å²) in [4.78, 5) is 23.1. The lowest BCUT2D eigenvalue weighted by atomic mass is 9.79. The number of hydrogen-bond acceptors (Lipinski definition) is 3. The molecule has 1 aliphatic rings. The molecule has 110 valence electrons. The molecule has 1 aliphatic carbocycles. The lowest BCUT2D eigenvalue weighted by Crippen LogP contribution is -2.31. The van der Waals surface area contributed by atoms with Gasteiger partial charge >= 0.3 is 5.97 Å². The number of carboxylic acid groups (broad SMARTS) is 1. The molecular formula is C15H21NO3S. The maximum Gasteiger partial charge on any atom is 0.303 e. The van der Waals surface area contributed by atoms with Crippen LogP contribution < -0.4 is 5.32 Å². The minimum atomic E-state index is -0.798. The fraction of sp³-hybridized carbons (Fsp3) is 0.600. The summed E-state index contributed by atoms with van der Waals surface area (Å²) in [7, 11) is 0. The highest BCUT2D eigenvalue weighted by Gasteiger charge is 2.37. The first-order valence-corrected chi connectivity index (χ1v) is 7.95. The van der Waals surface area contributed by atoms with Gasteiger partial charge in [0.1, 0.15) is 0 Å². The zero-order chi connectivity index (χ0) is 14.6. The van der Waals surface area contributed by atoms with E-state index in [2.05, 4.69) is 10.7 Å². The Balaban J connectivity index is 1.89. The lowest BCUT2D eigenvalue weighted by molar-refractivity contribution is -0.140. The van der Waals surface area contributed by atoms with Crippen LogP contribution in [0.15, 0.2) is 10.8 Å². The summed E-state index contributed by atoms with van der Waals surface area (Å²) in [5.41, 5.74) is 2.01. The molecule has 0 radical (unpaired) electrons. The van der Waals surface area contributed by atoms with Crippen LogP contribution in [0.5, 0.6) is 0 Å². The molecule has 1 aromatic rings. The number of rotatable bonds is 6. The SMILES string of the molecule is Cc1cscc1CNC(=O)CC1(CC(=O)O)CCCC1. The number of carboxylic acids is 1. The van der Waals surface area contributed by atoms with Crippen LogP contribution in [-0.4, -0.2) is 17.0 Å². The van der Waals surface area contributed by atoms with Crippen molar-refractivity contribution in [1.29, 1.82) is 0 Å². The molecule has 1 amide bonds. The summed E-state index contributed by atoms with van der Waals surface area (Å²) in [6.07, 6.45) is 4.21. The van der Waals surface area contributed by atoms with Gasteiger partial charge in [-0.15, -0.1) is 0 Å². The van der Waals surface area contributed by atoms with E-state index in [0.29, 0.717) is 13.0 Å². The predicted molar refractivity (Wildman–Crippen MR) is 78.7 cm³/mol. The van der Waals surface area contributed by atoms with Gasteiger partial charge in [-0.05, 0) is 47.1 Å². The summed E-state index contributed by atoms with van der Waals surface area (Å²) < 4.78 is 0. The molecule has 1 heterocycles. The van der Waals surface area contributed by atoms with Crippen LogP contribution in [0, 0.1) is 12.3 Å². The highest BCUT2D eigenvalue weighted by Crippen LogP contribution is 2.44. The zero-order valence-corrected chi connectivity index (χ0v) is 12.6. The van der Waals surface area contributed by atoms with Crippen molar-refractivity contribution in [2.45, 2.75) is 52.0 Å². The number of hydrogen-bond donors (Lipinski definition) is 2. The van der Waals surface area contributed by atoms with Crippen molar-refractivity contribution in [2.24, 2.45) is 5.41 Å². The first kappa shape index (κ1) is 15.0. The Labute approximate surface area is 123 Å². The Bertz CT molecular complexity index is 489. The molecular weight excluding hydrogens is 274 g/mol. The third-order valence-electron chi connectivity index (χ3n) is 4.16. The van der Waals surface area contributed by atoms with E-state index in [0.717, 1.165) is 31.2 Å². The van der Waals surface area contributed by atoms with Gasteiger partial charge in [0.25, 0.3) is 0 Å². The molecule has 0 saturated heterocycles. The normalized spacial score (nSPS) is 17.1. The Morgan fingerprint density at radius 3 is 2.55 bits per heavy atom. The van der Waals surface area contributed by atoms with E-state index in [1.807, 2.05) is 12.3 Å². The van der Waals surface area contributed by atoms with Crippen molar-refractivity contribution < 1.29 is 14.7 Å². The van der Waals surface area contributed by atoms with Gasteiger partial charge in [-0.25, -0.2) is 0 Å². The van der Waals surface area contributed by atoms with Gasteiger partial charge in [0.2, 0.25) is 5.91 Å². The largest absolute Gasteiger partial charge is 0.481 e. The average molecular weight is 295 g/mol. The predicted octanol–water partition coefficient (Wildman–Crippen LogP) is 3.10. The highest BCUT2D eigenvalue weighted by atomic mass is 32.1. The van der Waals surface area contributed by atoms with Gasteiger partial charge in [-0.2, -0.15) is 11.3 Å². The molecule has 1 aromatic heterocycles. The van der Waals surface area contributed by atoms with E-state index < -0.39 is 5.97 Å². The monoisotopic (exact) mass is 295 g/mol. The summed E-state index contributed by atoms with van der Waals surface area (Å²) in [6, 6.07) is 0. The van der Waals surface area contributed by atoms with E-state index in [9.17, 15) is 9.59 Å². The van der Waals surface area contributed by atoms with Gasteiger partial charge in [0.15, 0.2) is 0 Å². The third kappa shape index (κ3) is 3.82. The minimum absolute atomic E-state index is 0.0289. The quantitative estimate of drug-likeness (QED) is 0.847. The topological polar surface area (TPSA) is 66.4 Å². The summed E-state index contributed by atoms with van der Waals surface area (Å²) in [6.45, 7) is 2.57. The molecule has 2 rings (SSSR count). The maximum absolute atomic E-state index is 12.1. The van der Waals surface area contributed by atoms with Crippen molar-refractivity contribution in [1.82, 2.24) is 5.32 Å². The molecule has 20 heavy (non-hydrogen) atoms. The van der Waals surface area contributed by atoms with Crippen molar-refractivity contribution in [3.05, 3.63) is 21.9 Å². The molecule has 4 nitrogen and oxygen atoms in total. The maximum atomic E-state index is 12.1. The van der Waals surface area contributed by atoms with Crippen LogP contribution >= 0.6 is 11.3 Å². The number of nitrogens with one attached hydrogen (secondary N) is 1. The van der Waals surface area contributed by atoms with Crippen LogP contribution in [0.2, 0.25) is 0 Å². The first-order valence-electron chi connectivity index (χ1n) is 7.01. The van der Waals surface area contributed by atoms with E-state index in [1.54, 1.807) is 11.3 Å². The van der Waals surface area contributed by atoms with Crippen LogP contribution in [0.3, 0.4) is 0 Å². The molecule has 1 saturated carbocycles. The molecule has 0 atom stereocenters. The van der Waals surface area contributed by atoms with Gasteiger partial charge in [0, 0.05) is 13.0 Å². The zero-order valence-electron chi connectivity index (χ0n) is 11.8. The van der Waals surface area contributed by atoms with Crippen molar-refractivity contribution in [2.75, 3.05) is 0 Å². The fourth-order valence-corrected chi connectivity index (χ4v) is 3.88.